The maximum atomic E-state index is 12.7. The van der Waals surface area contributed by atoms with E-state index >= 15 is 0 Å². The van der Waals surface area contributed by atoms with Crippen LogP contribution in [0.3, 0.4) is 0 Å². The van der Waals surface area contributed by atoms with Crippen molar-refractivity contribution in [3.05, 3.63) is 63.3 Å². The van der Waals surface area contributed by atoms with Crippen LogP contribution in [0.4, 0.5) is 0 Å². The zero-order chi connectivity index (χ0) is 22.7. The molecule has 0 aliphatic carbocycles. The number of hydrogen-bond acceptors (Lipinski definition) is 4. The highest BCUT2D eigenvalue weighted by atomic mass is 16.2. The van der Waals surface area contributed by atoms with Gasteiger partial charge in [0, 0.05) is 43.6 Å². The van der Waals surface area contributed by atoms with Crippen molar-refractivity contribution in [2.24, 2.45) is 0 Å². The minimum atomic E-state index is -0.0513. The van der Waals surface area contributed by atoms with Crippen LogP contribution in [0.1, 0.15) is 74.0 Å². The number of H-pyrrole nitrogens is 1. The molecule has 0 radical (unpaired) electrons. The van der Waals surface area contributed by atoms with Crippen molar-refractivity contribution in [1.82, 2.24) is 19.8 Å². The van der Waals surface area contributed by atoms with Crippen molar-refractivity contribution < 1.29 is 4.79 Å². The van der Waals surface area contributed by atoms with Crippen LogP contribution in [0.25, 0.3) is 0 Å². The first kappa shape index (κ1) is 22.7. The smallest absolute Gasteiger partial charge is 0.251 e. The number of carbonyl (C=O) groups is 1. The van der Waals surface area contributed by atoms with E-state index in [1.807, 2.05) is 17.0 Å². The number of aromatic nitrogens is 2. The Morgan fingerprint density at radius 1 is 1.09 bits per heavy atom. The van der Waals surface area contributed by atoms with Gasteiger partial charge in [0.15, 0.2) is 0 Å². The molecular formula is C26H36N4O2. The molecule has 2 fully saturated rings. The zero-order valence-electron chi connectivity index (χ0n) is 19.6. The molecule has 1 unspecified atom stereocenters. The largest absolute Gasteiger partial charge is 0.342 e. The minimum Gasteiger partial charge on any atom is -0.342 e. The maximum absolute atomic E-state index is 12.7. The lowest BCUT2D eigenvalue weighted by Gasteiger charge is -2.35. The molecule has 1 N–H and O–H groups in total. The van der Waals surface area contributed by atoms with Crippen LogP contribution in [0.15, 0.2) is 35.1 Å². The number of carbonyl (C=O) groups excluding carboxylic acids is 1. The predicted molar refractivity (Wildman–Crippen MR) is 127 cm³/mol. The molecule has 2 saturated heterocycles. The van der Waals surface area contributed by atoms with Gasteiger partial charge in [-0.05, 0) is 58.6 Å². The second-order valence-corrected chi connectivity index (χ2v) is 9.80. The molecule has 6 heteroatoms. The number of nitrogens with one attached hydrogen (secondary N) is 1. The Kier molecular flexibility index (Phi) is 7.09. The molecule has 3 heterocycles. The molecule has 172 valence electrons. The van der Waals surface area contributed by atoms with E-state index in [0.29, 0.717) is 31.5 Å². The number of rotatable bonds is 5. The van der Waals surface area contributed by atoms with E-state index < -0.39 is 0 Å². The highest BCUT2D eigenvalue weighted by Gasteiger charge is 2.28. The Labute approximate surface area is 191 Å². The Hall–Kier alpha value is -2.47. The van der Waals surface area contributed by atoms with E-state index in [1.165, 1.54) is 5.56 Å². The van der Waals surface area contributed by atoms with Crippen molar-refractivity contribution in [3.63, 3.8) is 0 Å². The quantitative estimate of drug-likeness (QED) is 0.777. The van der Waals surface area contributed by atoms with E-state index in [-0.39, 0.29) is 17.4 Å². The lowest BCUT2D eigenvalue weighted by Crippen LogP contribution is -2.40. The topological polar surface area (TPSA) is 69.3 Å². The van der Waals surface area contributed by atoms with Crippen LogP contribution >= 0.6 is 0 Å². The lowest BCUT2D eigenvalue weighted by atomic mass is 9.92. The average Bonchev–Trinajstić information content (AvgIpc) is 2.80. The lowest BCUT2D eigenvalue weighted by molar-refractivity contribution is -0.131. The predicted octanol–water partition coefficient (Wildman–Crippen LogP) is 3.61. The number of benzene rings is 1. The van der Waals surface area contributed by atoms with Crippen LogP contribution in [0.5, 0.6) is 0 Å². The number of nitrogens with zero attached hydrogens (tertiary/aromatic N) is 3. The summed E-state index contributed by atoms with van der Waals surface area (Å²) in [4.78, 5) is 37.6. The van der Waals surface area contributed by atoms with Gasteiger partial charge in [0.2, 0.25) is 5.91 Å². The Balaban J connectivity index is 1.38. The summed E-state index contributed by atoms with van der Waals surface area (Å²) in [5.74, 6) is 1.51. The second kappa shape index (κ2) is 9.99. The molecule has 0 bridgehead atoms. The van der Waals surface area contributed by atoms with Gasteiger partial charge in [-0.1, -0.05) is 29.8 Å². The van der Waals surface area contributed by atoms with Crippen LogP contribution in [-0.4, -0.2) is 57.9 Å². The monoisotopic (exact) mass is 436 g/mol. The van der Waals surface area contributed by atoms with Gasteiger partial charge < -0.3 is 14.8 Å². The Morgan fingerprint density at radius 2 is 1.81 bits per heavy atom. The molecule has 4 rings (SSSR count). The number of piperidine rings is 2. The van der Waals surface area contributed by atoms with Gasteiger partial charge in [-0.2, -0.15) is 0 Å². The van der Waals surface area contributed by atoms with Crippen molar-refractivity contribution in [1.29, 1.82) is 0 Å². The summed E-state index contributed by atoms with van der Waals surface area (Å²) in [6, 6.07) is 10.4. The molecular weight excluding hydrogens is 400 g/mol. The fourth-order valence-corrected chi connectivity index (χ4v) is 5.01. The van der Waals surface area contributed by atoms with Gasteiger partial charge in [-0.3, -0.25) is 9.59 Å². The fraction of sp³-hybridized carbons (Fsp3) is 0.577. The van der Waals surface area contributed by atoms with E-state index in [0.717, 1.165) is 55.9 Å². The summed E-state index contributed by atoms with van der Waals surface area (Å²) >= 11 is 0. The molecule has 2 aliphatic heterocycles. The summed E-state index contributed by atoms with van der Waals surface area (Å²) in [6.07, 6.45) is 4.37. The molecule has 1 aromatic heterocycles. The van der Waals surface area contributed by atoms with Crippen LogP contribution in [0.2, 0.25) is 0 Å². The van der Waals surface area contributed by atoms with Crippen LogP contribution < -0.4 is 5.56 Å². The van der Waals surface area contributed by atoms with Gasteiger partial charge in [0.1, 0.15) is 5.82 Å². The Morgan fingerprint density at radius 3 is 2.50 bits per heavy atom. The summed E-state index contributed by atoms with van der Waals surface area (Å²) < 4.78 is 0. The first-order chi connectivity index (χ1) is 15.4. The number of aryl methyl sites for hydroxylation is 1. The number of amides is 1. The third-order valence-corrected chi connectivity index (χ3v) is 7.09. The molecule has 6 nitrogen and oxygen atoms in total. The van der Waals surface area contributed by atoms with Gasteiger partial charge in [-0.15, -0.1) is 0 Å². The van der Waals surface area contributed by atoms with Gasteiger partial charge >= 0.3 is 0 Å². The highest BCUT2D eigenvalue weighted by Crippen LogP contribution is 2.29. The van der Waals surface area contributed by atoms with Crippen molar-refractivity contribution in [3.8, 4) is 0 Å². The Bertz CT molecular complexity index is 974. The van der Waals surface area contributed by atoms with Crippen molar-refractivity contribution in [2.45, 2.75) is 70.8 Å². The van der Waals surface area contributed by atoms with Crippen molar-refractivity contribution in [2.75, 3.05) is 26.2 Å². The molecule has 2 aromatic rings. The summed E-state index contributed by atoms with van der Waals surface area (Å²) in [5.41, 5.74) is 3.15. The van der Waals surface area contributed by atoms with Gasteiger partial charge in [0.05, 0.1) is 12.1 Å². The first-order valence-electron chi connectivity index (χ1n) is 12.1. The standard InChI is InChI=1S/C26H36N4O2/c1-18(2)30-12-4-5-22(17-30)23-16-24(31)28-26(27-23)21-10-13-29(14-11-21)25(32)15-20-8-6-19(3)7-9-20/h6-9,16,18,21-22H,4-5,10-15,17H2,1-3H3,(H,27,28,31). The summed E-state index contributed by atoms with van der Waals surface area (Å²) in [6.45, 7) is 10.0. The third-order valence-electron chi connectivity index (χ3n) is 7.09. The summed E-state index contributed by atoms with van der Waals surface area (Å²) in [5, 5.41) is 0. The van der Waals surface area contributed by atoms with Crippen molar-refractivity contribution >= 4 is 5.91 Å². The minimum absolute atomic E-state index is 0.0513. The zero-order valence-corrected chi connectivity index (χ0v) is 19.6. The maximum Gasteiger partial charge on any atom is 0.251 e. The fourth-order valence-electron chi connectivity index (χ4n) is 5.01. The molecule has 32 heavy (non-hydrogen) atoms. The highest BCUT2D eigenvalue weighted by molar-refractivity contribution is 5.78. The van der Waals surface area contributed by atoms with Gasteiger partial charge in [-0.25, -0.2) is 4.98 Å². The van der Waals surface area contributed by atoms with Crippen LogP contribution in [-0.2, 0) is 11.2 Å². The molecule has 0 saturated carbocycles. The van der Waals surface area contributed by atoms with Crippen LogP contribution in [0, 0.1) is 6.92 Å². The second-order valence-electron chi connectivity index (χ2n) is 9.80. The molecule has 1 aromatic carbocycles. The number of hydrogen-bond donors (Lipinski definition) is 1. The third kappa shape index (κ3) is 5.47. The molecule has 1 amide bonds. The van der Waals surface area contributed by atoms with E-state index in [9.17, 15) is 9.59 Å². The molecule has 2 aliphatic rings. The van der Waals surface area contributed by atoms with E-state index in [1.54, 1.807) is 6.07 Å². The number of aromatic amines is 1. The van der Waals surface area contributed by atoms with E-state index in [4.69, 9.17) is 4.98 Å². The SMILES string of the molecule is Cc1ccc(CC(=O)N2CCC(c3nc(C4CCCN(C(C)C)C4)cc(=O)[nH]3)CC2)cc1. The average molecular weight is 437 g/mol. The van der Waals surface area contributed by atoms with Gasteiger partial charge in [0.25, 0.3) is 5.56 Å². The number of likely N-dealkylation sites (tertiary alicyclic amines) is 2. The normalized spacial score (nSPS) is 20.6. The van der Waals surface area contributed by atoms with E-state index in [2.05, 4.69) is 42.8 Å². The first-order valence-corrected chi connectivity index (χ1v) is 12.1. The molecule has 0 spiro atoms. The summed E-state index contributed by atoms with van der Waals surface area (Å²) in [7, 11) is 0. The molecule has 1 atom stereocenters.